The maximum atomic E-state index is 10.3. The molecule has 1 atom stereocenters. The second-order valence-electron chi connectivity index (χ2n) is 4.12. The van der Waals surface area contributed by atoms with Crippen LogP contribution >= 0.6 is 22.9 Å². The van der Waals surface area contributed by atoms with E-state index in [0.29, 0.717) is 6.42 Å². The number of aromatic nitrogens is 2. The summed E-state index contributed by atoms with van der Waals surface area (Å²) in [6, 6.07) is 1.86. The first-order chi connectivity index (χ1) is 8.00. The standard InChI is InChI=1S/C12H15ClN2OS/c1-7-12(8(2)15(3)14-7)10(16)6-11-9(13)4-5-17-11/h4-5,10,16H,6H2,1-3H3. The first kappa shape index (κ1) is 12.6. The highest BCUT2D eigenvalue weighted by atomic mass is 35.5. The summed E-state index contributed by atoms with van der Waals surface area (Å²) in [5.74, 6) is 0. The fourth-order valence-corrected chi connectivity index (χ4v) is 3.17. The number of aryl methyl sites for hydroxylation is 2. The van der Waals surface area contributed by atoms with Crippen molar-refractivity contribution >= 4 is 22.9 Å². The molecular weight excluding hydrogens is 256 g/mol. The minimum Gasteiger partial charge on any atom is -0.388 e. The maximum Gasteiger partial charge on any atom is 0.0874 e. The summed E-state index contributed by atoms with van der Waals surface area (Å²) in [7, 11) is 1.89. The molecule has 0 saturated heterocycles. The van der Waals surface area contributed by atoms with Crippen molar-refractivity contribution in [3.8, 4) is 0 Å². The molecule has 0 aliphatic carbocycles. The molecule has 1 N–H and O–H groups in total. The lowest BCUT2D eigenvalue weighted by Crippen LogP contribution is -2.04. The second kappa shape index (κ2) is 4.80. The van der Waals surface area contributed by atoms with Crippen LogP contribution in [0, 0.1) is 13.8 Å². The zero-order valence-corrected chi connectivity index (χ0v) is 11.6. The number of hydrogen-bond acceptors (Lipinski definition) is 3. The van der Waals surface area contributed by atoms with E-state index >= 15 is 0 Å². The summed E-state index contributed by atoms with van der Waals surface area (Å²) in [5.41, 5.74) is 2.80. The van der Waals surface area contributed by atoms with Gasteiger partial charge < -0.3 is 5.11 Å². The summed E-state index contributed by atoms with van der Waals surface area (Å²) in [6.07, 6.45) is 0.00370. The Bertz CT molecular complexity index is 533. The van der Waals surface area contributed by atoms with Gasteiger partial charge >= 0.3 is 0 Å². The second-order valence-corrected chi connectivity index (χ2v) is 5.53. The minimum atomic E-state index is -0.542. The molecule has 0 aliphatic rings. The van der Waals surface area contributed by atoms with Crippen molar-refractivity contribution in [3.05, 3.63) is 38.3 Å². The van der Waals surface area contributed by atoms with Crippen molar-refractivity contribution in [1.29, 1.82) is 0 Å². The molecule has 0 fully saturated rings. The summed E-state index contributed by atoms with van der Waals surface area (Å²) in [4.78, 5) is 1.02. The molecule has 0 bridgehead atoms. The van der Waals surface area contributed by atoms with Crippen LogP contribution in [0.5, 0.6) is 0 Å². The quantitative estimate of drug-likeness (QED) is 0.931. The van der Waals surface area contributed by atoms with Gasteiger partial charge in [-0.25, -0.2) is 0 Å². The third-order valence-corrected chi connectivity index (χ3v) is 4.38. The van der Waals surface area contributed by atoms with Gasteiger partial charge in [0.1, 0.15) is 0 Å². The van der Waals surface area contributed by atoms with Crippen molar-refractivity contribution in [1.82, 2.24) is 9.78 Å². The average Bonchev–Trinajstić information content (AvgIpc) is 2.74. The minimum absolute atomic E-state index is 0.542. The smallest absolute Gasteiger partial charge is 0.0874 e. The zero-order chi connectivity index (χ0) is 12.6. The van der Waals surface area contributed by atoms with Gasteiger partial charge in [0.05, 0.1) is 16.8 Å². The van der Waals surface area contributed by atoms with Crippen LogP contribution in [0.15, 0.2) is 11.4 Å². The molecule has 3 nitrogen and oxygen atoms in total. The molecule has 17 heavy (non-hydrogen) atoms. The van der Waals surface area contributed by atoms with Gasteiger partial charge in [-0.2, -0.15) is 5.10 Å². The van der Waals surface area contributed by atoms with Crippen LogP contribution in [0.2, 0.25) is 5.02 Å². The van der Waals surface area contributed by atoms with Crippen molar-refractivity contribution < 1.29 is 5.11 Å². The Morgan fingerprint density at radius 2 is 2.24 bits per heavy atom. The Labute approximate surface area is 110 Å². The summed E-state index contributed by atoms with van der Waals surface area (Å²) in [5, 5.41) is 17.3. The maximum absolute atomic E-state index is 10.3. The molecule has 2 heterocycles. The van der Waals surface area contributed by atoms with E-state index in [2.05, 4.69) is 5.10 Å². The summed E-state index contributed by atoms with van der Waals surface area (Å²) >= 11 is 7.61. The lowest BCUT2D eigenvalue weighted by molar-refractivity contribution is 0.178. The summed E-state index contributed by atoms with van der Waals surface area (Å²) < 4.78 is 1.80. The fraction of sp³-hybridized carbons (Fsp3) is 0.417. The van der Waals surface area contributed by atoms with E-state index in [1.165, 1.54) is 0 Å². The van der Waals surface area contributed by atoms with Crippen LogP contribution in [0.25, 0.3) is 0 Å². The van der Waals surface area contributed by atoms with Crippen molar-refractivity contribution in [2.75, 3.05) is 0 Å². The lowest BCUT2D eigenvalue weighted by atomic mass is 10.0. The number of rotatable bonds is 3. The number of halogens is 1. The number of aliphatic hydroxyl groups is 1. The normalized spacial score (nSPS) is 13.0. The molecule has 0 saturated carbocycles. The van der Waals surface area contributed by atoms with Crippen LogP contribution in [0.4, 0.5) is 0 Å². The van der Waals surface area contributed by atoms with Crippen LogP contribution in [-0.2, 0) is 13.5 Å². The van der Waals surface area contributed by atoms with E-state index in [4.69, 9.17) is 11.6 Å². The van der Waals surface area contributed by atoms with E-state index in [-0.39, 0.29) is 0 Å². The Morgan fingerprint density at radius 3 is 2.71 bits per heavy atom. The van der Waals surface area contributed by atoms with Crippen molar-refractivity contribution in [2.45, 2.75) is 26.4 Å². The van der Waals surface area contributed by atoms with E-state index in [1.807, 2.05) is 32.3 Å². The van der Waals surface area contributed by atoms with Crippen LogP contribution in [0.3, 0.4) is 0 Å². The molecular formula is C12H15ClN2OS. The Kier molecular flexibility index (Phi) is 3.56. The van der Waals surface area contributed by atoms with Gasteiger partial charge in [-0.1, -0.05) is 11.6 Å². The third-order valence-electron chi connectivity index (χ3n) is 2.97. The lowest BCUT2D eigenvalue weighted by Gasteiger charge is -2.10. The predicted molar refractivity (Wildman–Crippen MR) is 70.7 cm³/mol. The van der Waals surface area contributed by atoms with Crippen molar-refractivity contribution in [2.24, 2.45) is 7.05 Å². The predicted octanol–water partition coefficient (Wildman–Crippen LogP) is 3.03. The molecule has 2 aromatic heterocycles. The molecule has 5 heteroatoms. The molecule has 1 unspecified atom stereocenters. The topological polar surface area (TPSA) is 38.0 Å². The average molecular weight is 271 g/mol. The highest BCUT2D eigenvalue weighted by Gasteiger charge is 2.19. The Morgan fingerprint density at radius 1 is 1.53 bits per heavy atom. The van der Waals surface area contributed by atoms with Crippen molar-refractivity contribution in [3.63, 3.8) is 0 Å². The number of thiophene rings is 1. The largest absolute Gasteiger partial charge is 0.388 e. The van der Waals surface area contributed by atoms with Crippen LogP contribution < -0.4 is 0 Å². The third kappa shape index (κ3) is 2.39. The monoisotopic (exact) mass is 270 g/mol. The number of hydrogen-bond donors (Lipinski definition) is 1. The molecule has 0 spiro atoms. The first-order valence-electron chi connectivity index (χ1n) is 5.40. The van der Waals surface area contributed by atoms with Crippen LogP contribution in [0.1, 0.15) is 27.9 Å². The van der Waals surface area contributed by atoms with Gasteiger partial charge in [0.15, 0.2) is 0 Å². The Balaban J connectivity index is 2.26. The SMILES string of the molecule is Cc1nn(C)c(C)c1C(O)Cc1sccc1Cl. The van der Waals surface area contributed by atoms with Gasteiger partial charge in [0, 0.05) is 29.6 Å². The Hall–Kier alpha value is -0.840. The molecule has 0 aromatic carbocycles. The highest BCUT2D eigenvalue weighted by Crippen LogP contribution is 2.30. The molecule has 2 rings (SSSR count). The molecule has 92 valence electrons. The van der Waals surface area contributed by atoms with E-state index < -0.39 is 6.10 Å². The van der Waals surface area contributed by atoms with E-state index in [9.17, 15) is 5.11 Å². The van der Waals surface area contributed by atoms with Gasteiger partial charge in [-0.15, -0.1) is 11.3 Å². The molecule has 0 radical (unpaired) electrons. The van der Waals surface area contributed by atoms with E-state index in [1.54, 1.807) is 16.0 Å². The van der Waals surface area contributed by atoms with Gasteiger partial charge in [0.2, 0.25) is 0 Å². The first-order valence-corrected chi connectivity index (χ1v) is 6.66. The number of nitrogens with zero attached hydrogens (tertiary/aromatic N) is 2. The van der Waals surface area contributed by atoms with Gasteiger partial charge in [-0.05, 0) is 25.3 Å². The van der Waals surface area contributed by atoms with E-state index in [0.717, 1.165) is 26.9 Å². The number of aliphatic hydroxyl groups excluding tert-OH is 1. The van der Waals surface area contributed by atoms with Gasteiger partial charge in [0.25, 0.3) is 0 Å². The molecule has 0 aliphatic heterocycles. The molecule has 2 aromatic rings. The fourth-order valence-electron chi connectivity index (χ4n) is 2.02. The highest BCUT2D eigenvalue weighted by molar-refractivity contribution is 7.10. The zero-order valence-electron chi connectivity index (χ0n) is 10.1. The summed E-state index contributed by atoms with van der Waals surface area (Å²) in [6.45, 7) is 3.89. The van der Waals surface area contributed by atoms with Gasteiger partial charge in [-0.3, -0.25) is 4.68 Å². The van der Waals surface area contributed by atoms with Crippen LogP contribution in [-0.4, -0.2) is 14.9 Å². The molecule has 0 amide bonds.